The minimum atomic E-state index is -3.56. The molecule has 1 amide bonds. The summed E-state index contributed by atoms with van der Waals surface area (Å²) in [5.41, 5.74) is 1.23. The van der Waals surface area contributed by atoms with E-state index in [1.807, 2.05) is 0 Å². The van der Waals surface area contributed by atoms with Gasteiger partial charge in [-0.3, -0.25) is 4.79 Å². The maximum absolute atomic E-state index is 12.3. The molecule has 0 aliphatic heterocycles. The van der Waals surface area contributed by atoms with Crippen molar-refractivity contribution in [3.63, 3.8) is 0 Å². The Labute approximate surface area is 125 Å². The molecular weight excluding hydrogens is 288 g/mol. The summed E-state index contributed by atoms with van der Waals surface area (Å²) >= 11 is 0. The summed E-state index contributed by atoms with van der Waals surface area (Å²) in [5, 5.41) is 7.96. The maximum Gasteiger partial charge on any atom is 0.227 e. The first-order chi connectivity index (χ1) is 9.90. The molecule has 5 nitrogen and oxygen atoms in total. The van der Waals surface area contributed by atoms with E-state index in [1.165, 1.54) is 12.8 Å². The minimum Gasteiger partial charge on any atom is -0.326 e. The lowest BCUT2D eigenvalue weighted by Gasteiger charge is -2.20. The Hall–Kier alpha value is -1.40. The average Bonchev–Trinajstić information content (AvgIpc) is 2.99. The van der Waals surface area contributed by atoms with Crippen molar-refractivity contribution in [2.24, 2.45) is 22.9 Å². The van der Waals surface area contributed by atoms with Crippen LogP contribution in [0.25, 0.3) is 0 Å². The molecule has 2 saturated carbocycles. The summed E-state index contributed by atoms with van der Waals surface area (Å²) in [6.45, 7) is 0. The standard InChI is InChI=1S/C15H20N2O3S/c16-21(19,20)9-11-2-1-3-13(7-11)17-15(18)14-8-10-4-5-12(14)6-10/h1-3,7,10,12,14H,4-6,8-9H2,(H,17,18)(H2,16,19,20)/t10-,12-,14+/m0/s1. The number of fused-ring (bicyclic) bond motifs is 2. The van der Waals surface area contributed by atoms with Gasteiger partial charge in [-0.05, 0) is 48.8 Å². The summed E-state index contributed by atoms with van der Waals surface area (Å²) < 4.78 is 22.2. The second kappa shape index (κ2) is 5.42. The third kappa shape index (κ3) is 3.44. The van der Waals surface area contributed by atoms with Gasteiger partial charge in [0.15, 0.2) is 0 Å². The highest BCUT2D eigenvalue weighted by Gasteiger charge is 2.42. The lowest BCUT2D eigenvalue weighted by molar-refractivity contribution is -0.121. The zero-order valence-electron chi connectivity index (χ0n) is 11.8. The molecule has 21 heavy (non-hydrogen) atoms. The van der Waals surface area contributed by atoms with E-state index >= 15 is 0 Å². The number of primary sulfonamides is 1. The van der Waals surface area contributed by atoms with E-state index in [4.69, 9.17) is 5.14 Å². The number of sulfonamides is 1. The lowest BCUT2D eigenvalue weighted by atomic mass is 9.88. The van der Waals surface area contributed by atoms with Crippen molar-refractivity contribution in [3.05, 3.63) is 29.8 Å². The fraction of sp³-hybridized carbons (Fsp3) is 0.533. The van der Waals surface area contributed by atoms with E-state index in [0.29, 0.717) is 17.2 Å². The number of hydrogen-bond donors (Lipinski definition) is 2. The van der Waals surface area contributed by atoms with Crippen LogP contribution in [0.5, 0.6) is 0 Å². The van der Waals surface area contributed by atoms with Crippen LogP contribution in [0.2, 0.25) is 0 Å². The monoisotopic (exact) mass is 308 g/mol. The van der Waals surface area contributed by atoms with Crippen LogP contribution in [0.4, 0.5) is 5.69 Å². The number of amides is 1. The van der Waals surface area contributed by atoms with Gasteiger partial charge in [-0.25, -0.2) is 13.6 Å². The fourth-order valence-electron chi connectivity index (χ4n) is 3.77. The van der Waals surface area contributed by atoms with Crippen molar-refractivity contribution in [1.82, 2.24) is 0 Å². The number of benzene rings is 1. The summed E-state index contributed by atoms with van der Waals surface area (Å²) in [5.74, 6) is 1.22. The molecule has 3 N–H and O–H groups in total. The SMILES string of the molecule is NS(=O)(=O)Cc1cccc(NC(=O)[C@@H]2C[C@H]3CC[C@H]2C3)c1. The highest BCUT2D eigenvalue weighted by Crippen LogP contribution is 2.48. The summed E-state index contributed by atoms with van der Waals surface area (Å²) in [4.78, 5) is 12.3. The number of nitrogens with two attached hydrogens (primary N) is 1. The molecule has 3 atom stereocenters. The smallest absolute Gasteiger partial charge is 0.227 e. The van der Waals surface area contributed by atoms with E-state index in [1.54, 1.807) is 24.3 Å². The van der Waals surface area contributed by atoms with Gasteiger partial charge in [0.2, 0.25) is 15.9 Å². The molecule has 2 fully saturated rings. The third-order valence-corrected chi connectivity index (χ3v) is 5.37. The van der Waals surface area contributed by atoms with E-state index in [2.05, 4.69) is 5.32 Å². The Morgan fingerprint density at radius 2 is 2.10 bits per heavy atom. The molecule has 2 aliphatic rings. The molecule has 1 aromatic carbocycles. The van der Waals surface area contributed by atoms with Gasteiger partial charge in [0, 0.05) is 11.6 Å². The quantitative estimate of drug-likeness (QED) is 0.889. The zero-order valence-corrected chi connectivity index (χ0v) is 12.6. The topological polar surface area (TPSA) is 89.3 Å². The predicted molar refractivity (Wildman–Crippen MR) is 80.8 cm³/mol. The number of rotatable bonds is 4. The molecule has 0 spiro atoms. The van der Waals surface area contributed by atoms with Crippen LogP contribution in [-0.2, 0) is 20.6 Å². The van der Waals surface area contributed by atoms with Gasteiger partial charge in [0.05, 0.1) is 5.75 Å². The van der Waals surface area contributed by atoms with Gasteiger partial charge in [0.25, 0.3) is 0 Å². The molecule has 0 saturated heterocycles. The average molecular weight is 308 g/mol. The number of anilines is 1. The number of carbonyl (C=O) groups is 1. The van der Waals surface area contributed by atoms with Gasteiger partial charge in [0.1, 0.15) is 0 Å². The molecule has 6 heteroatoms. The normalized spacial score (nSPS) is 27.8. The highest BCUT2D eigenvalue weighted by atomic mass is 32.2. The molecule has 3 rings (SSSR count). The number of nitrogens with one attached hydrogen (secondary N) is 1. The maximum atomic E-state index is 12.3. The summed E-state index contributed by atoms with van der Waals surface area (Å²) in [7, 11) is -3.56. The Bertz CT molecular complexity index is 657. The summed E-state index contributed by atoms with van der Waals surface area (Å²) in [6, 6.07) is 6.88. The van der Waals surface area contributed by atoms with Gasteiger partial charge >= 0.3 is 0 Å². The first-order valence-electron chi connectivity index (χ1n) is 7.31. The third-order valence-electron chi connectivity index (χ3n) is 4.64. The molecule has 0 radical (unpaired) electrons. The van der Waals surface area contributed by atoms with Gasteiger partial charge < -0.3 is 5.32 Å². The predicted octanol–water partition coefficient (Wildman–Crippen LogP) is 1.85. The second-order valence-corrected chi connectivity index (χ2v) is 7.89. The van der Waals surface area contributed by atoms with Crippen LogP contribution in [0.3, 0.4) is 0 Å². The Balaban J connectivity index is 1.67. The second-order valence-electron chi connectivity index (χ2n) is 6.28. The molecule has 0 aromatic heterocycles. The molecule has 2 aliphatic carbocycles. The van der Waals surface area contributed by atoms with Crippen LogP contribution in [0.1, 0.15) is 31.2 Å². The Morgan fingerprint density at radius 3 is 2.71 bits per heavy atom. The summed E-state index contributed by atoms with van der Waals surface area (Å²) in [6.07, 6.45) is 4.60. The van der Waals surface area contributed by atoms with Crippen LogP contribution in [0.15, 0.2) is 24.3 Å². The Kier molecular flexibility index (Phi) is 3.75. The van der Waals surface area contributed by atoms with Gasteiger partial charge in [-0.1, -0.05) is 18.6 Å². The fourth-order valence-corrected chi connectivity index (χ4v) is 4.42. The van der Waals surface area contributed by atoms with Gasteiger partial charge in [-0.2, -0.15) is 0 Å². The minimum absolute atomic E-state index is 0.0648. The molecule has 1 aromatic rings. The zero-order chi connectivity index (χ0) is 15.0. The van der Waals surface area contributed by atoms with Crippen LogP contribution in [-0.4, -0.2) is 14.3 Å². The lowest BCUT2D eigenvalue weighted by Crippen LogP contribution is -2.27. The van der Waals surface area contributed by atoms with Crippen molar-refractivity contribution >= 4 is 21.6 Å². The number of carbonyl (C=O) groups excluding carboxylic acids is 1. The first-order valence-corrected chi connectivity index (χ1v) is 9.02. The van der Waals surface area contributed by atoms with Crippen LogP contribution in [0, 0.1) is 17.8 Å². The van der Waals surface area contributed by atoms with Crippen LogP contribution < -0.4 is 10.5 Å². The largest absolute Gasteiger partial charge is 0.326 e. The Morgan fingerprint density at radius 1 is 1.29 bits per heavy atom. The molecular formula is C15H20N2O3S. The van der Waals surface area contributed by atoms with E-state index in [-0.39, 0.29) is 17.6 Å². The molecule has 0 unspecified atom stereocenters. The van der Waals surface area contributed by atoms with E-state index < -0.39 is 10.0 Å². The van der Waals surface area contributed by atoms with E-state index in [0.717, 1.165) is 18.8 Å². The van der Waals surface area contributed by atoms with Crippen molar-refractivity contribution in [2.45, 2.75) is 31.4 Å². The van der Waals surface area contributed by atoms with Crippen LogP contribution >= 0.6 is 0 Å². The highest BCUT2D eigenvalue weighted by molar-refractivity contribution is 7.88. The molecule has 114 valence electrons. The first kappa shape index (κ1) is 14.5. The van der Waals surface area contributed by atoms with Crippen molar-refractivity contribution in [2.75, 3.05) is 5.32 Å². The van der Waals surface area contributed by atoms with Crippen molar-refractivity contribution in [1.29, 1.82) is 0 Å². The van der Waals surface area contributed by atoms with E-state index in [9.17, 15) is 13.2 Å². The molecule has 0 heterocycles. The van der Waals surface area contributed by atoms with Crippen molar-refractivity contribution < 1.29 is 13.2 Å². The van der Waals surface area contributed by atoms with Crippen molar-refractivity contribution in [3.8, 4) is 0 Å². The molecule has 2 bridgehead atoms. The number of hydrogen-bond acceptors (Lipinski definition) is 3. The van der Waals surface area contributed by atoms with Gasteiger partial charge in [-0.15, -0.1) is 0 Å².